The first-order valence-electron chi connectivity index (χ1n) is 8.62. The predicted molar refractivity (Wildman–Crippen MR) is 90.7 cm³/mol. The Hall–Kier alpha value is -1.53. The molecular formula is C19H27N3. The molecule has 2 saturated heterocycles. The zero-order valence-corrected chi connectivity index (χ0v) is 13.7. The molecule has 0 saturated carbocycles. The van der Waals surface area contributed by atoms with Gasteiger partial charge in [-0.25, -0.2) is 0 Å². The number of hydrogen-bond donors (Lipinski definition) is 0. The number of benzene rings is 1. The SMILES string of the molecule is CC1(CC#N)CCN(Cc2ccc(N3CCCC3)cc2)CC1. The molecule has 1 aromatic carbocycles. The molecule has 3 rings (SSSR count). The molecule has 0 bridgehead atoms. The van der Waals surface area contributed by atoms with Gasteiger partial charge < -0.3 is 4.90 Å². The topological polar surface area (TPSA) is 30.3 Å². The van der Waals surface area contributed by atoms with Crippen LogP contribution >= 0.6 is 0 Å². The molecule has 2 aliphatic heterocycles. The minimum atomic E-state index is 0.241. The summed E-state index contributed by atoms with van der Waals surface area (Å²) in [6.07, 6.45) is 5.65. The Morgan fingerprint density at radius 2 is 1.68 bits per heavy atom. The molecule has 0 amide bonds. The van der Waals surface area contributed by atoms with E-state index in [1.165, 1.54) is 37.2 Å². The van der Waals surface area contributed by atoms with Crippen LogP contribution in [0.15, 0.2) is 24.3 Å². The Bertz CT molecular complexity index is 515. The van der Waals surface area contributed by atoms with Crippen molar-refractivity contribution in [1.29, 1.82) is 5.26 Å². The third-order valence-electron chi connectivity index (χ3n) is 5.38. The second-order valence-corrected chi connectivity index (χ2v) is 7.28. The highest BCUT2D eigenvalue weighted by atomic mass is 15.1. The van der Waals surface area contributed by atoms with Gasteiger partial charge in [0.15, 0.2) is 0 Å². The summed E-state index contributed by atoms with van der Waals surface area (Å²) in [7, 11) is 0. The predicted octanol–water partition coefficient (Wildman–Crippen LogP) is 3.80. The maximum absolute atomic E-state index is 8.93. The van der Waals surface area contributed by atoms with Crippen molar-refractivity contribution < 1.29 is 0 Å². The van der Waals surface area contributed by atoms with Gasteiger partial charge in [-0.05, 0) is 61.9 Å². The summed E-state index contributed by atoms with van der Waals surface area (Å²) in [4.78, 5) is 5.02. The molecule has 0 N–H and O–H groups in total. The van der Waals surface area contributed by atoms with Gasteiger partial charge >= 0.3 is 0 Å². The van der Waals surface area contributed by atoms with Gasteiger partial charge in [0, 0.05) is 31.7 Å². The maximum atomic E-state index is 8.93. The number of nitriles is 1. The fourth-order valence-electron chi connectivity index (χ4n) is 3.66. The molecule has 0 atom stereocenters. The van der Waals surface area contributed by atoms with E-state index < -0.39 is 0 Å². The van der Waals surface area contributed by atoms with Crippen molar-refractivity contribution in [2.24, 2.45) is 5.41 Å². The third-order valence-corrected chi connectivity index (χ3v) is 5.38. The van der Waals surface area contributed by atoms with Crippen LogP contribution in [0, 0.1) is 16.7 Å². The third kappa shape index (κ3) is 3.62. The van der Waals surface area contributed by atoms with Gasteiger partial charge in [0.05, 0.1) is 6.07 Å². The van der Waals surface area contributed by atoms with E-state index in [-0.39, 0.29) is 5.41 Å². The molecule has 0 spiro atoms. The zero-order chi connectivity index (χ0) is 15.4. The van der Waals surface area contributed by atoms with Crippen LogP contribution in [0.5, 0.6) is 0 Å². The van der Waals surface area contributed by atoms with Crippen LogP contribution in [0.2, 0.25) is 0 Å². The Morgan fingerprint density at radius 3 is 2.27 bits per heavy atom. The molecule has 0 unspecified atom stereocenters. The lowest BCUT2D eigenvalue weighted by atomic mass is 9.78. The average molecular weight is 297 g/mol. The van der Waals surface area contributed by atoms with E-state index in [1.807, 2.05) is 0 Å². The summed E-state index contributed by atoms with van der Waals surface area (Å²) in [6.45, 7) is 7.96. The number of anilines is 1. The molecule has 22 heavy (non-hydrogen) atoms. The summed E-state index contributed by atoms with van der Waals surface area (Å²) in [5, 5.41) is 8.93. The summed E-state index contributed by atoms with van der Waals surface area (Å²) < 4.78 is 0. The standard InChI is InChI=1S/C19H27N3/c1-19(8-11-20)9-14-21(15-10-19)16-17-4-6-18(7-5-17)22-12-2-3-13-22/h4-7H,2-3,8-10,12-16H2,1H3. The lowest BCUT2D eigenvalue weighted by molar-refractivity contribution is 0.116. The number of rotatable bonds is 4. The first-order chi connectivity index (χ1) is 10.7. The number of nitrogens with zero attached hydrogens (tertiary/aromatic N) is 3. The average Bonchev–Trinajstić information content (AvgIpc) is 3.05. The summed E-state index contributed by atoms with van der Waals surface area (Å²) >= 11 is 0. The molecule has 2 aliphatic rings. The van der Waals surface area contributed by atoms with Crippen molar-refractivity contribution in [3.8, 4) is 6.07 Å². The highest BCUT2D eigenvalue weighted by Crippen LogP contribution is 2.34. The molecule has 3 nitrogen and oxygen atoms in total. The largest absolute Gasteiger partial charge is 0.372 e. The smallest absolute Gasteiger partial charge is 0.0627 e. The first-order valence-corrected chi connectivity index (χ1v) is 8.62. The molecule has 3 heteroatoms. The number of likely N-dealkylation sites (tertiary alicyclic amines) is 1. The van der Waals surface area contributed by atoms with Crippen LogP contribution in [-0.2, 0) is 6.54 Å². The molecule has 1 aromatic rings. The second kappa shape index (κ2) is 6.71. The quantitative estimate of drug-likeness (QED) is 0.846. The van der Waals surface area contributed by atoms with Crippen LogP contribution in [-0.4, -0.2) is 31.1 Å². The Balaban J connectivity index is 1.52. The van der Waals surface area contributed by atoms with E-state index >= 15 is 0 Å². The minimum absolute atomic E-state index is 0.241. The maximum Gasteiger partial charge on any atom is 0.0627 e. The van der Waals surface area contributed by atoms with Gasteiger partial charge in [-0.3, -0.25) is 4.90 Å². The van der Waals surface area contributed by atoms with E-state index in [4.69, 9.17) is 5.26 Å². The van der Waals surface area contributed by atoms with Crippen molar-refractivity contribution in [1.82, 2.24) is 4.90 Å². The summed E-state index contributed by atoms with van der Waals surface area (Å²) in [6, 6.07) is 11.5. The molecule has 0 aromatic heterocycles. The van der Waals surface area contributed by atoms with E-state index in [0.29, 0.717) is 6.42 Å². The minimum Gasteiger partial charge on any atom is -0.372 e. The van der Waals surface area contributed by atoms with Crippen molar-refractivity contribution in [2.75, 3.05) is 31.1 Å². The van der Waals surface area contributed by atoms with E-state index in [0.717, 1.165) is 32.5 Å². The van der Waals surface area contributed by atoms with Crippen molar-refractivity contribution >= 4 is 5.69 Å². The molecule has 2 heterocycles. The number of piperidine rings is 1. The van der Waals surface area contributed by atoms with E-state index in [9.17, 15) is 0 Å². The van der Waals surface area contributed by atoms with Gasteiger partial charge in [0.25, 0.3) is 0 Å². The lowest BCUT2D eigenvalue weighted by Crippen LogP contribution is -2.38. The lowest BCUT2D eigenvalue weighted by Gasteiger charge is -2.38. The van der Waals surface area contributed by atoms with Crippen molar-refractivity contribution in [3.63, 3.8) is 0 Å². The highest BCUT2D eigenvalue weighted by molar-refractivity contribution is 5.48. The van der Waals surface area contributed by atoms with Crippen LogP contribution < -0.4 is 4.90 Å². The second-order valence-electron chi connectivity index (χ2n) is 7.28. The molecule has 2 fully saturated rings. The van der Waals surface area contributed by atoms with E-state index in [1.54, 1.807) is 0 Å². The van der Waals surface area contributed by atoms with Gasteiger partial charge in [-0.15, -0.1) is 0 Å². The number of hydrogen-bond acceptors (Lipinski definition) is 3. The van der Waals surface area contributed by atoms with Gasteiger partial charge in [-0.2, -0.15) is 5.26 Å². The van der Waals surface area contributed by atoms with Gasteiger partial charge in [-0.1, -0.05) is 19.1 Å². The van der Waals surface area contributed by atoms with Crippen LogP contribution in [0.4, 0.5) is 5.69 Å². The summed E-state index contributed by atoms with van der Waals surface area (Å²) in [5.41, 5.74) is 3.03. The molecule has 118 valence electrons. The van der Waals surface area contributed by atoms with Crippen LogP contribution in [0.25, 0.3) is 0 Å². The van der Waals surface area contributed by atoms with Crippen LogP contribution in [0.1, 0.15) is 44.6 Å². The van der Waals surface area contributed by atoms with Gasteiger partial charge in [0.2, 0.25) is 0 Å². The molecule has 0 aliphatic carbocycles. The Labute approximate surface area is 134 Å². The normalized spacial score (nSPS) is 21.7. The summed E-state index contributed by atoms with van der Waals surface area (Å²) in [5.74, 6) is 0. The fraction of sp³-hybridized carbons (Fsp3) is 0.632. The van der Waals surface area contributed by atoms with E-state index in [2.05, 4.69) is 47.1 Å². The van der Waals surface area contributed by atoms with Crippen molar-refractivity contribution in [3.05, 3.63) is 29.8 Å². The Morgan fingerprint density at radius 1 is 1.05 bits per heavy atom. The first kappa shape index (κ1) is 15.4. The molecule has 0 radical (unpaired) electrons. The zero-order valence-electron chi connectivity index (χ0n) is 13.7. The van der Waals surface area contributed by atoms with Crippen LogP contribution in [0.3, 0.4) is 0 Å². The Kier molecular flexibility index (Phi) is 4.69. The molecular weight excluding hydrogens is 270 g/mol. The van der Waals surface area contributed by atoms with Crippen molar-refractivity contribution in [2.45, 2.75) is 45.6 Å². The monoisotopic (exact) mass is 297 g/mol. The highest BCUT2D eigenvalue weighted by Gasteiger charge is 2.29. The van der Waals surface area contributed by atoms with Gasteiger partial charge in [0.1, 0.15) is 0 Å². The fourth-order valence-corrected chi connectivity index (χ4v) is 3.66.